The zero-order valence-electron chi connectivity index (χ0n) is 13.2. The molecule has 23 heavy (non-hydrogen) atoms. The lowest BCUT2D eigenvalue weighted by Gasteiger charge is -2.14. The molecular weight excluding hydrogens is 312 g/mol. The largest absolute Gasteiger partial charge is 0.384 e. The van der Waals surface area contributed by atoms with Crippen molar-refractivity contribution in [2.45, 2.75) is 17.7 Å². The van der Waals surface area contributed by atoms with E-state index in [1.165, 1.54) is 29.7 Å². The summed E-state index contributed by atoms with van der Waals surface area (Å²) < 4.78 is 25.2. The second-order valence-corrected chi connectivity index (χ2v) is 8.19. The van der Waals surface area contributed by atoms with E-state index in [1.54, 1.807) is 37.5 Å². The highest BCUT2D eigenvalue weighted by Crippen LogP contribution is 2.33. The van der Waals surface area contributed by atoms with Gasteiger partial charge in [0.2, 0.25) is 5.56 Å². The van der Waals surface area contributed by atoms with Gasteiger partial charge in [-0.15, -0.1) is 0 Å². The molecule has 1 aliphatic rings. The van der Waals surface area contributed by atoms with Gasteiger partial charge in [-0.2, -0.15) is 0 Å². The maximum Gasteiger partial charge on any atom is 0.250 e. The van der Waals surface area contributed by atoms with Gasteiger partial charge in [0, 0.05) is 48.9 Å². The normalized spacial score (nSPS) is 14.7. The zero-order chi connectivity index (χ0) is 16.6. The van der Waals surface area contributed by atoms with Crippen LogP contribution in [-0.4, -0.2) is 25.8 Å². The quantitative estimate of drug-likeness (QED) is 0.912. The molecule has 122 valence electrons. The third kappa shape index (κ3) is 3.64. The molecule has 0 aliphatic heterocycles. The van der Waals surface area contributed by atoms with Gasteiger partial charge in [0.1, 0.15) is 0 Å². The molecule has 1 N–H and O–H groups in total. The molecule has 1 aromatic carbocycles. The van der Waals surface area contributed by atoms with Crippen LogP contribution in [0.5, 0.6) is 0 Å². The molecule has 1 heterocycles. The van der Waals surface area contributed by atoms with Gasteiger partial charge in [0.25, 0.3) is 0 Å². The summed E-state index contributed by atoms with van der Waals surface area (Å²) in [6, 6.07) is 8.32. The first kappa shape index (κ1) is 15.8. The fourth-order valence-electron chi connectivity index (χ4n) is 2.48. The second-order valence-electron chi connectivity index (χ2n) is 6.17. The molecule has 0 unspecified atom stereocenters. The second kappa shape index (κ2) is 5.85. The molecule has 0 atom stereocenters. The van der Waals surface area contributed by atoms with E-state index in [0.717, 1.165) is 23.4 Å². The van der Waals surface area contributed by atoms with E-state index in [4.69, 9.17) is 0 Å². The van der Waals surface area contributed by atoms with Crippen molar-refractivity contribution in [3.63, 3.8) is 0 Å². The number of nitrogens with zero attached hydrogens (tertiary/aromatic N) is 1. The first-order valence-corrected chi connectivity index (χ1v) is 9.49. The monoisotopic (exact) mass is 332 g/mol. The Morgan fingerprint density at radius 3 is 2.57 bits per heavy atom. The number of nitrogens with one attached hydrogen (secondary N) is 1. The Labute approximate surface area is 135 Å². The molecule has 0 amide bonds. The molecule has 1 aliphatic carbocycles. The lowest BCUT2D eigenvalue weighted by Crippen LogP contribution is -2.14. The lowest BCUT2D eigenvalue weighted by molar-refractivity contribution is 0.602. The number of hydrogen-bond donors (Lipinski definition) is 1. The first-order chi connectivity index (χ1) is 10.8. The Balaban J connectivity index is 2.08. The van der Waals surface area contributed by atoms with E-state index >= 15 is 0 Å². The molecular formula is C17H20N2O3S. The van der Waals surface area contributed by atoms with E-state index in [-0.39, 0.29) is 10.5 Å². The van der Waals surface area contributed by atoms with Crippen LogP contribution in [-0.2, 0) is 16.9 Å². The van der Waals surface area contributed by atoms with Gasteiger partial charge >= 0.3 is 0 Å². The maximum atomic E-state index is 11.8. The average molecular weight is 332 g/mol. The summed E-state index contributed by atoms with van der Waals surface area (Å²) in [7, 11) is -1.60. The van der Waals surface area contributed by atoms with Crippen LogP contribution < -0.4 is 10.9 Å². The number of aryl methyl sites for hydroxylation is 1. The van der Waals surface area contributed by atoms with Crippen molar-refractivity contribution >= 4 is 15.5 Å². The van der Waals surface area contributed by atoms with Crippen LogP contribution in [0.25, 0.3) is 11.1 Å². The number of sulfone groups is 1. The number of benzene rings is 1. The van der Waals surface area contributed by atoms with Gasteiger partial charge in [-0.3, -0.25) is 4.79 Å². The van der Waals surface area contributed by atoms with Crippen LogP contribution in [0.2, 0.25) is 0 Å². The molecule has 1 aromatic heterocycles. The van der Waals surface area contributed by atoms with Crippen LogP contribution in [0.3, 0.4) is 0 Å². The topological polar surface area (TPSA) is 68.2 Å². The van der Waals surface area contributed by atoms with Crippen LogP contribution >= 0.6 is 0 Å². The van der Waals surface area contributed by atoms with E-state index in [2.05, 4.69) is 5.32 Å². The van der Waals surface area contributed by atoms with Crippen molar-refractivity contribution in [3.05, 3.63) is 46.9 Å². The summed E-state index contributed by atoms with van der Waals surface area (Å²) in [6.07, 6.45) is 5.41. The van der Waals surface area contributed by atoms with Gasteiger partial charge < -0.3 is 9.88 Å². The van der Waals surface area contributed by atoms with Gasteiger partial charge in [-0.25, -0.2) is 8.42 Å². The molecule has 6 heteroatoms. The Hall–Kier alpha value is -2.08. The Morgan fingerprint density at radius 2 is 1.96 bits per heavy atom. The van der Waals surface area contributed by atoms with E-state index < -0.39 is 9.84 Å². The molecule has 3 rings (SSSR count). The predicted octanol–water partition coefficient (Wildman–Crippen LogP) is 2.28. The number of hydrogen-bond acceptors (Lipinski definition) is 4. The predicted molar refractivity (Wildman–Crippen MR) is 91.4 cm³/mol. The van der Waals surface area contributed by atoms with E-state index in [0.29, 0.717) is 5.92 Å². The minimum atomic E-state index is -3.28. The van der Waals surface area contributed by atoms with Crippen molar-refractivity contribution in [1.82, 2.24) is 4.57 Å². The van der Waals surface area contributed by atoms with Crippen LogP contribution in [0.4, 0.5) is 5.69 Å². The molecule has 0 radical (unpaired) electrons. The smallest absolute Gasteiger partial charge is 0.250 e. The molecule has 0 saturated heterocycles. The molecule has 5 nitrogen and oxygen atoms in total. The number of rotatable bonds is 5. The highest BCUT2D eigenvalue weighted by molar-refractivity contribution is 7.90. The fourth-order valence-corrected chi connectivity index (χ4v) is 3.12. The minimum Gasteiger partial charge on any atom is -0.384 e. The molecule has 1 fully saturated rings. The number of anilines is 1. The van der Waals surface area contributed by atoms with Crippen LogP contribution in [0, 0.1) is 5.92 Å². The Morgan fingerprint density at radius 1 is 1.22 bits per heavy atom. The molecule has 1 saturated carbocycles. The van der Waals surface area contributed by atoms with Crippen molar-refractivity contribution < 1.29 is 8.42 Å². The fraction of sp³-hybridized carbons (Fsp3) is 0.353. The molecule has 0 spiro atoms. The van der Waals surface area contributed by atoms with Gasteiger partial charge in [0.05, 0.1) is 4.90 Å². The maximum absolute atomic E-state index is 11.8. The summed E-state index contributed by atoms with van der Waals surface area (Å²) in [5.74, 6) is 0.706. The summed E-state index contributed by atoms with van der Waals surface area (Å²) in [4.78, 5) is 11.9. The van der Waals surface area contributed by atoms with Crippen molar-refractivity contribution in [2.75, 3.05) is 18.1 Å². The molecule has 2 aromatic rings. The zero-order valence-corrected chi connectivity index (χ0v) is 14.1. The van der Waals surface area contributed by atoms with Crippen molar-refractivity contribution in [3.8, 4) is 11.1 Å². The van der Waals surface area contributed by atoms with Crippen molar-refractivity contribution in [1.29, 1.82) is 0 Å². The highest BCUT2D eigenvalue weighted by atomic mass is 32.2. The van der Waals surface area contributed by atoms with E-state index in [9.17, 15) is 13.2 Å². The summed E-state index contributed by atoms with van der Waals surface area (Å²) in [6.45, 7) is 0.886. The summed E-state index contributed by atoms with van der Waals surface area (Å²) in [5.41, 5.74) is 2.41. The Kier molecular flexibility index (Phi) is 4.02. The van der Waals surface area contributed by atoms with Gasteiger partial charge in [-0.1, -0.05) is 0 Å². The van der Waals surface area contributed by atoms with Gasteiger partial charge in [0.15, 0.2) is 9.84 Å². The van der Waals surface area contributed by atoms with Gasteiger partial charge in [-0.05, 0) is 43.0 Å². The lowest BCUT2D eigenvalue weighted by atomic mass is 10.1. The van der Waals surface area contributed by atoms with Crippen molar-refractivity contribution in [2.24, 2.45) is 13.0 Å². The highest BCUT2D eigenvalue weighted by Gasteiger charge is 2.21. The SMILES string of the molecule is Cn1cc(-c2cc(S(C)(=O)=O)ccc2NCC2CC2)ccc1=O. The third-order valence-corrected chi connectivity index (χ3v) is 5.20. The first-order valence-electron chi connectivity index (χ1n) is 7.59. The summed E-state index contributed by atoms with van der Waals surface area (Å²) >= 11 is 0. The minimum absolute atomic E-state index is 0.0968. The summed E-state index contributed by atoms with van der Waals surface area (Å²) in [5, 5.41) is 3.40. The van der Waals surface area contributed by atoms with E-state index in [1.807, 2.05) is 0 Å². The van der Waals surface area contributed by atoms with Crippen LogP contribution in [0.1, 0.15) is 12.8 Å². The van der Waals surface area contributed by atoms with Crippen LogP contribution in [0.15, 0.2) is 46.2 Å². The average Bonchev–Trinajstić information content (AvgIpc) is 3.31. The standard InChI is InChI=1S/C17H20N2O3S/c1-19-11-13(5-8-17(19)20)15-9-14(23(2,21)22)6-7-16(15)18-10-12-3-4-12/h5-9,11-12,18H,3-4,10H2,1-2H3. The third-order valence-electron chi connectivity index (χ3n) is 4.09. The number of pyridine rings is 1. The Bertz CT molecular complexity index is 896. The number of aromatic nitrogens is 1. The molecule has 0 bridgehead atoms.